The van der Waals surface area contributed by atoms with Crippen LogP contribution in [0.2, 0.25) is 0 Å². The van der Waals surface area contributed by atoms with Crippen LogP contribution in [0.4, 0.5) is 0 Å². The van der Waals surface area contributed by atoms with E-state index in [1.165, 1.54) is 16.9 Å². The first-order valence-corrected chi connectivity index (χ1v) is 11.1. The van der Waals surface area contributed by atoms with Crippen molar-refractivity contribution < 1.29 is 22.4 Å². The van der Waals surface area contributed by atoms with Crippen LogP contribution in [0.1, 0.15) is 28.5 Å². The second-order valence-corrected chi connectivity index (χ2v) is 8.87. The Labute approximate surface area is 169 Å². The number of oxazole rings is 1. The predicted octanol–water partition coefficient (Wildman–Crippen LogP) is 0.839. The second kappa shape index (κ2) is 8.62. The van der Waals surface area contributed by atoms with Crippen molar-refractivity contribution in [2.45, 2.75) is 18.4 Å². The van der Waals surface area contributed by atoms with Gasteiger partial charge in [-0.1, -0.05) is 30.3 Å². The maximum atomic E-state index is 13.0. The van der Waals surface area contributed by atoms with Gasteiger partial charge in [0.25, 0.3) is 16.1 Å². The number of hydrogen-bond acceptors (Lipinski definition) is 6. The Kier molecular flexibility index (Phi) is 5.95. The molecule has 0 saturated carbocycles. The van der Waals surface area contributed by atoms with Gasteiger partial charge in [0.1, 0.15) is 0 Å². The van der Waals surface area contributed by atoms with Crippen LogP contribution in [0.3, 0.4) is 0 Å². The molecule has 0 radical (unpaired) electrons. The van der Waals surface area contributed by atoms with Crippen molar-refractivity contribution in [2.75, 3.05) is 39.4 Å². The van der Waals surface area contributed by atoms with Gasteiger partial charge in [0.15, 0.2) is 6.39 Å². The highest BCUT2D eigenvalue weighted by atomic mass is 32.2. The molecule has 1 amide bonds. The quantitative estimate of drug-likeness (QED) is 0.769. The summed E-state index contributed by atoms with van der Waals surface area (Å²) < 4.78 is 40.6. The zero-order valence-corrected chi connectivity index (χ0v) is 16.8. The van der Waals surface area contributed by atoms with Gasteiger partial charge in [0, 0.05) is 38.1 Å². The molecule has 156 valence electrons. The fourth-order valence-corrected chi connectivity index (χ4v) is 5.29. The van der Waals surface area contributed by atoms with E-state index < -0.39 is 16.3 Å². The largest absolute Gasteiger partial charge is 0.438 e. The van der Waals surface area contributed by atoms with E-state index >= 15 is 0 Å². The Morgan fingerprint density at radius 2 is 1.90 bits per heavy atom. The topological polar surface area (TPSA) is 105 Å². The molecule has 9 nitrogen and oxygen atoms in total. The van der Waals surface area contributed by atoms with E-state index in [1.54, 1.807) is 4.90 Å². The van der Waals surface area contributed by atoms with Crippen LogP contribution >= 0.6 is 0 Å². The Morgan fingerprint density at radius 1 is 1.14 bits per heavy atom. The fourth-order valence-electron chi connectivity index (χ4n) is 3.89. The van der Waals surface area contributed by atoms with Crippen molar-refractivity contribution in [3.8, 4) is 0 Å². The number of benzene rings is 1. The molecule has 4 rings (SSSR count). The summed E-state index contributed by atoms with van der Waals surface area (Å²) in [6.45, 7) is 2.16. The molecule has 3 heterocycles. The van der Waals surface area contributed by atoms with E-state index in [4.69, 9.17) is 9.15 Å². The van der Waals surface area contributed by atoms with Crippen LogP contribution in [0.15, 0.2) is 47.3 Å². The number of nitrogens with zero attached hydrogens (tertiary/aromatic N) is 3. The summed E-state index contributed by atoms with van der Waals surface area (Å²) in [6, 6.07) is 9.34. The molecule has 0 bridgehead atoms. The number of nitrogens with one attached hydrogen (secondary N) is 1. The van der Waals surface area contributed by atoms with Gasteiger partial charge in [0.2, 0.25) is 5.76 Å². The first kappa shape index (κ1) is 20.0. The minimum absolute atomic E-state index is 0.0363. The van der Waals surface area contributed by atoms with Gasteiger partial charge in [-0.25, -0.2) is 4.98 Å². The van der Waals surface area contributed by atoms with Crippen LogP contribution in [0, 0.1) is 0 Å². The van der Waals surface area contributed by atoms with E-state index in [-0.39, 0.29) is 24.1 Å². The van der Waals surface area contributed by atoms with Gasteiger partial charge in [-0.2, -0.15) is 17.4 Å². The number of likely N-dealkylation sites (tertiary alicyclic amines) is 1. The lowest BCUT2D eigenvalue weighted by molar-refractivity contribution is 0.0643. The molecular formula is C19H24N4O5S. The van der Waals surface area contributed by atoms with Crippen molar-refractivity contribution in [3.05, 3.63) is 54.2 Å². The lowest BCUT2D eigenvalue weighted by Crippen LogP contribution is -2.57. The lowest BCUT2D eigenvalue weighted by Gasteiger charge is -2.39. The molecule has 10 heteroatoms. The number of carbonyl (C=O) groups is 1. The molecule has 2 aliphatic heterocycles. The Morgan fingerprint density at radius 3 is 2.59 bits per heavy atom. The molecule has 2 atom stereocenters. The van der Waals surface area contributed by atoms with Crippen LogP contribution in [0.25, 0.3) is 0 Å². The second-order valence-electron chi connectivity index (χ2n) is 7.16. The van der Waals surface area contributed by atoms with Gasteiger partial charge in [0.05, 0.1) is 19.4 Å². The first-order valence-electron chi connectivity index (χ1n) is 9.62. The van der Waals surface area contributed by atoms with Crippen LogP contribution in [0.5, 0.6) is 0 Å². The third-order valence-corrected chi connectivity index (χ3v) is 7.03. The van der Waals surface area contributed by atoms with Crippen LogP contribution < -0.4 is 4.72 Å². The van der Waals surface area contributed by atoms with Crippen molar-refractivity contribution in [1.29, 1.82) is 0 Å². The Hall–Kier alpha value is -2.27. The van der Waals surface area contributed by atoms with Crippen molar-refractivity contribution in [3.63, 3.8) is 0 Å². The predicted molar refractivity (Wildman–Crippen MR) is 104 cm³/mol. The molecule has 2 aromatic rings. The van der Waals surface area contributed by atoms with E-state index in [1.807, 2.05) is 30.3 Å². The van der Waals surface area contributed by atoms with Gasteiger partial charge in [-0.05, 0) is 12.0 Å². The highest BCUT2D eigenvalue weighted by Crippen LogP contribution is 2.30. The SMILES string of the molecule is O=C(c1cnco1)N1CC[C@@H](c2ccccc2)[C@@H](NS(=O)(=O)N2CCOCC2)C1. The Bertz CT molecular complexity index is 913. The average Bonchev–Trinajstić information content (AvgIpc) is 3.29. The normalized spacial score (nSPS) is 23.8. The number of hydrogen-bond donors (Lipinski definition) is 1. The summed E-state index contributed by atoms with van der Waals surface area (Å²) in [4.78, 5) is 18.1. The number of ether oxygens (including phenoxy) is 1. The summed E-state index contributed by atoms with van der Waals surface area (Å²) in [5.74, 6) is -0.173. The minimum atomic E-state index is -3.70. The Balaban J connectivity index is 1.56. The molecule has 1 aromatic heterocycles. The number of carbonyl (C=O) groups excluding carboxylic acids is 1. The van der Waals surface area contributed by atoms with E-state index in [0.717, 1.165) is 5.56 Å². The summed E-state index contributed by atoms with van der Waals surface area (Å²) >= 11 is 0. The molecule has 0 spiro atoms. The molecule has 2 saturated heterocycles. The number of amides is 1. The highest BCUT2D eigenvalue weighted by molar-refractivity contribution is 7.87. The molecule has 2 fully saturated rings. The number of rotatable bonds is 5. The summed E-state index contributed by atoms with van der Waals surface area (Å²) in [6.07, 6.45) is 3.22. The zero-order chi connectivity index (χ0) is 20.3. The van der Waals surface area contributed by atoms with Gasteiger partial charge in [-0.3, -0.25) is 4.79 Å². The summed E-state index contributed by atoms with van der Waals surface area (Å²) in [5, 5.41) is 0. The fraction of sp³-hybridized carbons (Fsp3) is 0.474. The molecular weight excluding hydrogens is 396 g/mol. The summed E-state index contributed by atoms with van der Waals surface area (Å²) in [5.41, 5.74) is 1.05. The maximum absolute atomic E-state index is 13.0. The highest BCUT2D eigenvalue weighted by Gasteiger charge is 2.37. The van der Waals surface area contributed by atoms with Gasteiger partial charge < -0.3 is 14.1 Å². The average molecular weight is 420 g/mol. The van der Waals surface area contributed by atoms with Crippen LogP contribution in [-0.4, -0.2) is 73.9 Å². The third kappa shape index (κ3) is 4.50. The van der Waals surface area contributed by atoms with Crippen LogP contribution in [-0.2, 0) is 14.9 Å². The smallest absolute Gasteiger partial charge is 0.291 e. The molecule has 0 unspecified atom stereocenters. The third-order valence-electron chi connectivity index (χ3n) is 5.38. The number of morpholine rings is 1. The lowest BCUT2D eigenvalue weighted by atomic mass is 9.86. The molecule has 2 aliphatic rings. The zero-order valence-electron chi connectivity index (χ0n) is 15.9. The van der Waals surface area contributed by atoms with Gasteiger partial charge in [-0.15, -0.1) is 0 Å². The maximum Gasteiger partial charge on any atom is 0.291 e. The van der Waals surface area contributed by atoms with E-state index in [9.17, 15) is 13.2 Å². The van der Waals surface area contributed by atoms with E-state index in [0.29, 0.717) is 39.3 Å². The number of piperidine rings is 1. The monoisotopic (exact) mass is 420 g/mol. The molecule has 1 N–H and O–H groups in total. The molecule has 29 heavy (non-hydrogen) atoms. The van der Waals surface area contributed by atoms with Crippen molar-refractivity contribution in [1.82, 2.24) is 18.9 Å². The minimum Gasteiger partial charge on any atom is -0.438 e. The standard InChI is InChI=1S/C19H24N4O5S/c24-19(18-12-20-14-28-18)22-7-6-16(15-4-2-1-3-5-15)17(13-22)21-29(25,26)23-8-10-27-11-9-23/h1-5,12,14,16-17,21H,6-11,13H2/t16-,17-/m0/s1. The molecule has 1 aromatic carbocycles. The number of aromatic nitrogens is 1. The van der Waals surface area contributed by atoms with Crippen molar-refractivity contribution in [2.24, 2.45) is 0 Å². The van der Waals surface area contributed by atoms with Crippen molar-refractivity contribution >= 4 is 16.1 Å². The van der Waals surface area contributed by atoms with E-state index in [2.05, 4.69) is 9.71 Å². The molecule has 0 aliphatic carbocycles. The van der Waals surface area contributed by atoms with Gasteiger partial charge >= 0.3 is 0 Å². The first-order chi connectivity index (χ1) is 14.0. The summed E-state index contributed by atoms with van der Waals surface area (Å²) in [7, 11) is -3.70.